The van der Waals surface area contributed by atoms with Crippen molar-refractivity contribution in [1.82, 2.24) is 9.80 Å². The molecule has 0 aliphatic carbocycles. The molecule has 2 saturated heterocycles. The fourth-order valence-electron chi connectivity index (χ4n) is 3.25. The summed E-state index contributed by atoms with van der Waals surface area (Å²) in [7, 11) is 0. The molecule has 3 unspecified atom stereocenters. The van der Waals surface area contributed by atoms with Gasteiger partial charge >= 0.3 is 0 Å². The Kier molecular flexibility index (Phi) is 5.38. The van der Waals surface area contributed by atoms with Gasteiger partial charge in [0.15, 0.2) is 0 Å². The number of piperazine rings is 1. The average molecular weight is 279 g/mol. The highest BCUT2D eigenvalue weighted by Crippen LogP contribution is 2.26. The van der Waals surface area contributed by atoms with Gasteiger partial charge < -0.3 is 9.64 Å². The summed E-state index contributed by atoms with van der Waals surface area (Å²) >= 11 is 0. The van der Waals surface area contributed by atoms with E-state index in [1.165, 1.54) is 0 Å². The van der Waals surface area contributed by atoms with Gasteiger partial charge in [-0.2, -0.15) is 5.26 Å². The minimum Gasteiger partial charge on any atom is -0.377 e. The van der Waals surface area contributed by atoms with Gasteiger partial charge in [-0.25, -0.2) is 0 Å². The van der Waals surface area contributed by atoms with Crippen LogP contribution in [0.3, 0.4) is 0 Å². The van der Waals surface area contributed by atoms with Crippen LogP contribution >= 0.6 is 0 Å². The van der Waals surface area contributed by atoms with Crippen molar-refractivity contribution in [2.45, 2.75) is 45.3 Å². The van der Waals surface area contributed by atoms with E-state index < -0.39 is 0 Å². The van der Waals surface area contributed by atoms with Crippen LogP contribution < -0.4 is 0 Å². The van der Waals surface area contributed by atoms with Gasteiger partial charge in [0.25, 0.3) is 0 Å². The normalized spacial score (nSPS) is 29.1. The molecule has 1 amide bonds. The monoisotopic (exact) mass is 279 g/mol. The number of nitrogens with zero attached hydrogens (tertiary/aromatic N) is 3. The van der Waals surface area contributed by atoms with Crippen LogP contribution in [0.2, 0.25) is 0 Å². The third-order valence-corrected chi connectivity index (χ3v) is 4.53. The molecular formula is C15H25N3O2. The molecule has 5 nitrogen and oxygen atoms in total. The summed E-state index contributed by atoms with van der Waals surface area (Å²) in [5.74, 6) is 0.295. The molecule has 2 rings (SSSR count). The second-order valence-electron chi connectivity index (χ2n) is 5.63. The number of carbonyl (C=O) groups excluding carboxylic acids is 1. The van der Waals surface area contributed by atoms with Crippen molar-refractivity contribution < 1.29 is 9.53 Å². The van der Waals surface area contributed by atoms with Gasteiger partial charge in [-0.05, 0) is 19.3 Å². The van der Waals surface area contributed by atoms with Crippen molar-refractivity contribution >= 4 is 5.91 Å². The highest BCUT2D eigenvalue weighted by Gasteiger charge is 2.36. The first-order valence-corrected chi connectivity index (χ1v) is 7.75. The number of nitriles is 1. The molecule has 0 aromatic rings. The zero-order chi connectivity index (χ0) is 14.5. The van der Waals surface area contributed by atoms with Gasteiger partial charge in [0.2, 0.25) is 5.91 Å². The van der Waals surface area contributed by atoms with Crippen LogP contribution in [-0.2, 0) is 9.53 Å². The molecule has 2 heterocycles. The molecule has 0 bridgehead atoms. The lowest BCUT2D eigenvalue weighted by molar-refractivity contribution is -0.139. The summed E-state index contributed by atoms with van der Waals surface area (Å²) in [5, 5.41) is 9.10. The fraction of sp³-hybridized carbons (Fsp3) is 0.867. The average Bonchev–Trinajstić information content (AvgIpc) is 2.97. The predicted octanol–water partition coefficient (Wildman–Crippen LogP) is 1.25. The largest absolute Gasteiger partial charge is 0.377 e. The van der Waals surface area contributed by atoms with Crippen LogP contribution in [0.15, 0.2) is 0 Å². The van der Waals surface area contributed by atoms with Gasteiger partial charge in [-0.1, -0.05) is 13.8 Å². The third kappa shape index (κ3) is 3.13. The third-order valence-electron chi connectivity index (χ3n) is 4.53. The van der Waals surface area contributed by atoms with Crippen LogP contribution in [0, 0.1) is 17.2 Å². The molecule has 0 radical (unpaired) electrons. The van der Waals surface area contributed by atoms with E-state index in [1.54, 1.807) is 0 Å². The van der Waals surface area contributed by atoms with Gasteiger partial charge in [-0.15, -0.1) is 0 Å². The number of hydrogen-bond donors (Lipinski definition) is 0. The molecule has 0 N–H and O–H groups in total. The maximum atomic E-state index is 12.5. The highest BCUT2D eigenvalue weighted by atomic mass is 16.5. The zero-order valence-electron chi connectivity index (χ0n) is 12.5. The van der Waals surface area contributed by atoms with Crippen LogP contribution in [0.5, 0.6) is 0 Å². The quantitative estimate of drug-likeness (QED) is 0.777. The number of carbonyl (C=O) groups is 1. The van der Waals surface area contributed by atoms with Crippen molar-refractivity contribution in [3.8, 4) is 6.07 Å². The molecule has 0 aromatic heterocycles. The van der Waals surface area contributed by atoms with Crippen molar-refractivity contribution in [3.05, 3.63) is 0 Å². The molecule has 20 heavy (non-hydrogen) atoms. The summed E-state index contributed by atoms with van der Waals surface area (Å²) in [6.45, 7) is 7.92. The summed E-state index contributed by atoms with van der Waals surface area (Å²) in [6, 6.07) is 2.33. The number of hydrogen-bond acceptors (Lipinski definition) is 4. The van der Waals surface area contributed by atoms with Gasteiger partial charge in [0.1, 0.15) is 0 Å². The van der Waals surface area contributed by atoms with Crippen molar-refractivity contribution in [2.24, 2.45) is 5.92 Å². The second kappa shape index (κ2) is 7.05. The molecule has 0 spiro atoms. The van der Waals surface area contributed by atoms with E-state index in [2.05, 4.69) is 17.9 Å². The number of rotatable bonds is 4. The topological polar surface area (TPSA) is 56.6 Å². The second-order valence-corrected chi connectivity index (χ2v) is 5.63. The lowest BCUT2D eigenvalue weighted by atomic mass is 9.97. The Balaban J connectivity index is 1.87. The lowest BCUT2D eigenvalue weighted by Crippen LogP contribution is -2.53. The Bertz CT molecular complexity index is 372. The van der Waals surface area contributed by atoms with Gasteiger partial charge in [0, 0.05) is 32.8 Å². The van der Waals surface area contributed by atoms with Crippen molar-refractivity contribution in [3.63, 3.8) is 0 Å². The number of amides is 1. The summed E-state index contributed by atoms with van der Waals surface area (Å²) in [5.41, 5.74) is 0. The standard InChI is InChI=1S/C15H25N3O2/c1-3-12(11-16)17-6-8-18(9-7-17)15(19)13-5-10-20-14(13)4-2/h12-14H,3-10H2,1-2H3. The summed E-state index contributed by atoms with van der Waals surface area (Å²) in [4.78, 5) is 16.7. The molecule has 112 valence electrons. The summed E-state index contributed by atoms with van der Waals surface area (Å²) in [6.07, 6.45) is 2.71. The molecule has 2 fully saturated rings. The van der Waals surface area contributed by atoms with Crippen LogP contribution in [0.25, 0.3) is 0 Å². The Morgan fingerprint density at radius 2 is 2.05 bits per heavy atom. The Hall–Kier alpha value is -1.12. The fourth-order valence-corrected chi connectivity index (χ4v) is 3.25. The highest BCUT2D eigenvalue weighted by molar-refractivity contribution is 5.79. The van der Waals surface area contributed by atoms with Gasteiger partial charge in [0.05, 0.1) is 24.1 Å². The van der Waals surface area contributed by atoms with E-state index in [0.717, 1.165) is 45.4 Å². The molecule has 0 saturated carbocycles. The minimum atomic E-state index is -0.00884. The van der Waals surface area contributed by atoms with E-state index in [1.807, 2.05) is 11.8 Å². The van der Waals surface area contributed by atoms with E-state index in [0.29, 0.717) is 6.61 Å². The SMILES string of the molecule is CCC1OCCC1C(=O)N1CCN(C(C#N)CC)CC1. The first-order valence-electron chi connectivity index (χ1n) is 7.75. The van der Waals surface area contributed by atoms with E-state index >= 15 is 0 Å². The Morgan fingerprint density at radius 3 is 2.60 bits per heavy atom. The van der Waals surface area contributed by atoms with Gasteiger partial charge in [-0.3, -0.25) is 9.69 Å². The van der Waals surface area contributed by atoms with E-state index in [4.69, 9.17) is 10.00 Å². The van der Waals surface area contributed by atoms with Crippen molar-refractivity contribution in [1.29, 1.82) is 5.26 Å². The van der Waals surface area contributed by atoms with Crippen LogP contribution in [0.1, 0.15) is 33.1 Å². The lowest BCUT2D eigenvalue weighted by Gasteiger charge is -2.38. The molecule has 3 atom stereocenters. The van der Waals surface area contributed by atoms with Crippen LogP contribution in [0.4, 0.5) is 0 Å². The minimum absolute atomic E-state index is 0.00884. The Morgan fingerprint density at radius 1 is 1.35 bits per heavy atom. The molecule has 0 aromatic carbocycles. The molecule has 5 heteroatoms. The Labute approximate surface area is 121 Å². The zero-order valence-corrected chi connectivity index (χ0v) is 12.5. The number of ether oxygens (including phenoxy) is 1. The van der Waals surface area contributed by atoms with E-state index in [-0.39, 0.29) is 24.0 Å². The van der Waals surface area contributed by atoms with Crippen LogP contribution in [-0.4, -0.2) is 60.6 Å². The first-order chi connectivity index (χ1) is 9.71. The molecule has 2 aliphatic rings. The maximum Gasteiger partial charge on any atom is 0.228 e. The molecule has 2 aliphatic heterocycles. The predicted molar refractivity (Wildman–Crippen MR) is 76.0 cm³/mol. The van der Waals surface area contributed by atoms with Crippen molar-refractivity contribution in [2.75, 3.05) is 32.8 Å². The molecular weight excluding hydrogens is 254 g/mol. The maximum absolute atomic E-state index is 12.5. The smallest absolute Gasteiger partial charge is 0.228 e. The first kappa shape index (κ1) is 15.3. The summed E-state index contributed by atoms with van der Waals surface area (Å²) < 4.78 is 5.62. The van der Waals surface area contributed by atoms with E-state index in [9.17, 15) is 4.79 Å².